The number of carbonyl (C=O) groups excluding carboxylic acids is 2. The Morgan fingerprint density at radius 1 is 1.17 bits per heavy atom. The molecule has 1 heterocycles. The summed E-state index contributed by atoms with van der Waals surface area (Å²) >= 11 is 13.1. The van der Waals surface area contributed by atoms with Crippen LogP contribution in [0.25, 0.3) is 6.08 Å². The molecule has 2 amide bonds. The molecule has 3 rings (SSSR count). The van der Waals surface area contributed by atoms with E-state index in [2.05, 4.69) is 0 Å². The van der Waals surface area contributed by atoms with Gasteiger partial charge in [0.1, 0.15) is 5.82 Å². The van der Waals surface area contributed by atoms with Gasteiger partial charge < -0.3 is 9.47 Å². The zero-order valence-electron chi connectivity index (χ0n) is 15.5. The highest BCUT2D eigenvalue weighted by atomic mass is 35.5. The average Bonchev–Trinajstić information content (AvgIpc) is 2.91. The van der Waals surface area contributed by atoms with Gasteiger partial charge in [-0.05, 0) is 60.2 Å². The van der Waals surface area contributed by atoms with Gasteiger partial charge in [-0.3, -0.25) is 14.5 Å². The number of imide groups is 1. The SMILES string of the molecule is CCOc1cc(/C=C2\SC(=O)N(Cc3ccc(F)cc3Cl)C2=O)cc(Cl)c1OC. The highest BCUT2D eigenvalue weighted by Gasteiger charge is 2.35. The number of carbonyl (C=O) groups is 2. The summed E-state index contributed by atoms with van der Waals surface area (Å²) in [4.78, 5) is 26.4. The van der Waals surface area contributed by atoms with Crippen LogP contribution >= 0.6 is 35.0 Å². The van der Waals surface area contributed by atoms with Crippen molar-refractivity contribution >= 4 is 52.2 Å². The summed E-state index contributed by atoms with van der Waals surface area (Å²) < 4.78 is 24.0. The van der Waals surface area contributed by atoms with Crippen LogP contribution in [0.3, 0.4) is 0 Å². The van der Waals surface area contributed by atoms with Crippen LogP contribution in [0.5, 0.6) is 11.5 Å². The van der Waals surface area contributed by atoms with E-state index in [9.17, 15) is 14.0 Å². The second-order valence-corrected chi connectivity index (χ2v) is 7.78. The van der Waals surface area contributed by atoms with Crippen LogP contribution in [-0.4, -0.2) is 29.8 Å². The number of rotatable bonds is 6. The van der Waals surface area contributed by atoms with Gasteiger partial charge in [-0.25, -0.2) is 4.39 Å². The van der Waals surface area contributed by atoms with Gasteiger partial charge in [0, 0.05) is 5.02 Å². The summed E-state index contributed by atoms with van der Waals surface area (Å²) in [6, 6.07) is 7.11. The van der Waals surface area contributed by atoms with E-state index in [1.807, 2.05) is 6.92 Å². The first-order valence-electron chi connectivity index (χ1n) is 8.53. The Hall–Kier alpha value is -2.22. The van der Waals surface area contributed by atoms with Crippen molar-refractivity contribution in [3.05, 3.63) is 62.2 Å². The molecule has 0 atom stereocenters. The van der Waals surface area contributed by atoms with Crippen molar-refractivity contribution in [2.75, 3.05) is 13.7 Å². The predicted molar refractivity (Wildman–Crippen MR) is 112 cm³/mol. The summed E-state index contributed by atoms with van der Waals surface area (Å²) in [5.41, 5.74) is 1.06. The molecule has 0 aliphatic carbocycles. The van der Waals surface area contributed by atoms with Crippen LogP contribution in [0.4, 0.5) is 9.18 Å². The first-order chi connectivity index (χ1) is 13.8. The molecule has 0 radical (unpaired) electrons. The molecule has 1 aliphatic heterocycles. The molecule has 5 nitrogen and oxygen atoms in total. The number of nitrogens with zero attached hydrogens (tertiary/aromatic N) is 1. The number of benzene rings is 2. The number of hydrogen-bond donors (Lipinski definition) is 0. The lowest BCUT2D eigenvalue weighted by molar-refractivity contribution is -0.123. The molecule has 1 fully saturated rings. The van der Waals surface area contributed by atoms with Crippen molar-refractivity contribution in [3.8, 4) is 11.5 Å². The topological polar surface area (TPSA) is 55.8 Å². The molecule has 2 aromatic rings. The van der Waals surface area contributed by atoms with Gasteiger partial charge in [0.15, 0.2) is 11.5 Å². The minimum Gasteiger partial charge on any atom is -0.491 e. The Morgan fingerprint density at radius 3 is 2.59 bits per heavy atom. The van der Waals surface area contributed by atoms with Crippen LogP contribution in [0.2, 0.25) is 10.0 Å². The first-order valence-corrected chi connectivity index (χ1v) is 10.1. The van der Waals surface area contributed by atoms with E-state index in [0.29, 0.717) is 34.3 Å². The summed E-state index contributed by atoms with van der Waals surface area (Å²) in [5.74, 6) is -0.129. The predicted octanol–water partition coefficient (Wildman–Crippen LogP) is 5.78. The molecule has 0 bridgehead atoms. The van der Waals surface area contributed by atoms with Gasteiger partial charge in [-0.1, -0.05) is 29.3 Å². The van der Waals surface area contributed by atoms with E-state index in [1.54, 1.807) is 18.2 Å². The lowest BCUT2D eigenvalue weighted by Crippen LogP contribution is -2.27. The normalized spacial score (nSPS) is 15.3. The number of methoxy groups -OCH3 is 1. The molecule has 0 spiro atoms. The van der Waals surface area contributed by atoms with Crippen molar-refractivity contribution in [3.63, 3.8) is 0 Å². The van der Waals surface area contributed by atoms with E-state index in [4.69, 9.17) is 32.7 Å². The Balaban J connectivity index is 1.88. The van der Waals surface area contributed by atoms with Crippen LogP contribution in [0.1, 0.15) is 18.1 Å². The van der Waals surface area contributed by atoms with Gasteiger partial charge in [-0.15, -0.1) is 0 Å². The second-order valence-electron chi connectivity index (χ2n) is 5.97. The number of ether oxygens (including phenoxy) is 2. The van der Waals surface area contributed by atoms with Crippen molar-refractivity contribution in [1.29, 1.82) is 0 Å². The molecule has 0 aromatic heterocycles. The highest BCUT2D eigenvalue weighted by molar-refractivity contribution is 8.18. The summed E-state index contributed by atoms with van der Waals surface area (Å²) in [6.45, 7) is 2.19. The van der Waals surface area contributed by atoms with E-state index in [0.717, 1.165) is 22.7 Å². The second kappa shape index (κ2) is 9.07. The monoisotopic (exact) mass is 455 g/mol. The smallest absolute Gasteiger partial charge is 0.293 e. The molecule has 0 unspecified atom stereocenters. The standard InChI is InChI=1S/C20H16Cl2FNO4S/c1-3-28-16-7-11(6-15(22)18(16)27-2)8-17-19(25)24(20(26)29-17)10-12-4-5-13(23)9-14(12)21/h4-9H,3,10H2,1-2H3/b17-8-. The van der Waals surface area contributed by atoms with E-state index < -0.39 is 17.0 Å². The van der Waals surface area contributed by atoms with Crippen LogP contribution in [0, 0.1) is 5.82 Å². The zero-order valence-corrected chi connectivity index (χ0v) is 17.8. The quantitative estimate of drug-likeness (QED) is 0.516. The minimum atomic E-state index is -0.491. The molecule has 152 valence electrons. The Morgan fingerprint density at radius 2 is 1.93 bits per heavy atom. The van der Waals surface area contributed by atoms with Crippen LogP contribution < -0.4 is 9.47 Å². The fourth-order valence-corrected chi connectivity index (χ4v) is 4.10. The molecule has 0 N–H and O–H groups in total. The average molecular weight is 456 g/mol. The molecule has 1 saturated heterocycles. The lowest BCUT2D eigenvalue weighted by Gasteiger charge is -2.13. The maximum Gasteiger partial charge on any atom is 0.293 e. The molecular weight excluding hydrogens is 440 g/mol. The fraction of sp³-hybridized carbons (Fsp3) is 0.200. The van der Waals surface area contributed by atoms with Gasteiger partial charge in [0.25, 0.3) is 11.1 Å². The zero-order chi connectivity index (χ0) is 21.1. The maximum absolute atomic E-state index is 13.2. The van der Waals surface area contributed by atoms with E-state index >= 15 is 0 Å². The summed E-state index contributed by atoms with van der Waals surface area (Å²) in [5, 5.41) is 0.0321. The molecule has 29 heavy (non-hydrogen) atoms. The van der Waals surface area contributed by atoms with E-state index in [-0.39, 0.29) is 16.5 Å². The maximum atomic E-state index is 13.2. The van der Waals surface area contributed by atoms with Gasteiger partial charge in [0.05, 0.1) is 30.2 Å². The molecule has 1 aliphatic rings. The Kier molecular flexibility index (Phi) is 6.72. The number of hydrogen-bond acceptors (Lipinski definition) is 5. The number of halogens is 3. The van der Waals surface area contributed by atoms with Crippen molar-refractivity contribution in [2.45, 2.75) is 13.5 Å². The van der Waals surface area contributed by atoms with Crippen molar-refractivity contribution < 1.29 is 23.5 Å². The third kappa shape index (κ3) is 4.69. The van der Waals surface area contributed by atoms with Crippen molar-refractivity contribution in [2.24, 2.45) is 0 Å². The van der Waals surface area contributed by atoms with Crippen LogP contribution in [0.15, 0.2) is 35.2 Å². The third-order valence-electron chi connectivity index (χ3n) is 4.05. The molecule has 9 heteroatoms. The summed E-state index contributed by atoms with van der Waals surface area (Å²) in [7, 11) is 1.48. The third-order valence-corrected chi connectivity index (χ3v) is 5.59. The van der Waals surface area contributed by atoms with Gasteiger partial charge >= 0.3 is 0 Å². The van der Waals surface area contributed by atoms with E-state index in [1.165, 1.54) is 19.2 Å². The minimum absolute atomic E-state index is 0.0469. The Bertz CT molecular complexity index is 1010. The van der Waals surface area contributed by atoms with Crippen molar-refractivity contribution in [1.82, 2.24) is 4.90 Å². The van der Waals surface area contributed by atoms with Crippen LogP contribution in [-0.2, 0) is 11.3 Å². The van der Waals surface area contributed by atoms with Gasteiger partial charge in [-0.2, -0.15) is 0 Å². The molecule has 2 aromatic carbocycles. The first kappa shape index (κ1) is 21.5. The number of amides is 2. The molecule has 0 saturated carbocycles. The fourth-order valence-electron chi connectivity index (χ4n) is 2.74. The largest absolute Gasteiger partial charge is 0.491 e. The lowest BCUT2D eigenvalue weighted by atomic mass is 10.1. The van der Waals surface area contributed by atoms with Gasteiger partial charge in [0.2, 0.25) is 0 Å². The summed E-state index contributed by atoms with van der Waals surface area (Å²) in [6.07, 6.45) is 1.56. The molecular formula is C20H16Cl2FNO4S. The Labute approximate surface area is 181 Å². The number of thioether (sulfide) groups is 1. The highest BCUT2D eigenvalue weighted by Crippen LogP contribution is 2.39.